The Morgan fingerprint density at radius 2 is 1.88 bits per heavy atom. The van der Waals surface area contributed by atoms with E-state index in [1.807, 2.05) is 0 Å². The Morgan fingerprint density at radius 1 is 1.28 bits per heavy atom. The maximum absolute atomic E-state index is 12.3. The fraction of sp³-hybridized carbons (Fsp3) is 0.312. The highest BCUT2D eigenvalue weighted by molar-refractivity contribution is 6.08. The van der Waals surface area contributed by atoms with Gasteiger partial charge in [0.05, 0.1) is 16.5 Å². The summed E-state index contributed by atoms with van der Waals surface area (Å²) in [5, 5.41) is 29.5. The van der Waals surface area contributed by atoms with Gasteiger partial charge in [0.1, 0.15) is 0 Å². The molecule has 1 heterocycles. The zero-order chi connectivity index (χ0) is 18.7. The molecule has 0 fully saturated rings. The second-order valence-corrected chi connectivity index (χ2v) is 5.57. The summed E-state index contributed by atoms with van der Waals surface area (Å²) in [4.78, 5) is 46.2. The van der Waals surface area contributed by atoms with Gasteiger partial charge in [0.25, 0.3) is 11.6 Å². The van der Waals surface area contributed by atoms with Gasteiger partial charge in [-0.05, 0) is 31.0 Å². The van der Waals surface area contributed by atoms with Crippen molar-refractivity contribution >= 4 is 23.3 Å². The van der Waals surface area contributed by atoms with E-state index in [9.17, 15) is 29.6 Å². The van der Waals surface area contributed by atoms with Crippen molar-refractivity contribution < 1.29 is 29.5 Å². The van der Waals surface area contributed by atoms with Crippen LogP contribution in [0.4, 0.5) is 5.69 Å². The predicted molar refractivity (Wildman–Crippen MR) is 84.8 cm³/mol. The fourth-order valence-corrected chi connectivity index (χ4v) is 2.77. The molecule has 1 aliphatic rings. The molecule has 2 rings (SSSR count). The number of ketones is 1. The number of nitrogens with zero attached hydrogens (tertiary/aromatic N) is 2. The summed E-state index contributed by atoms with van der Waals surface area (Å²) in [5.74, 6) is -2.97. The first-order valence-electron chi connectivity index (χ1n) is 7.45. The van der Waals surface area contributed by atoms with Crippen LogP contribution in [0.1, 0.15) is 31.4 Å². The number of nitro benzene ring substituents is 1. The number of rotatable bonds is 7. The van der Waals surface area contributed by atoms with E-state index in [1.165, 1.54) is 36.1 Å². The van der Waals surface area contributed by atoms with Gasteiger partial charge in [-0.3, -0.25) is 24.5 Å². The molecule has 1 atom stereocenters. The van der Waals surface area contributed by atoms with Crippen LogP contribution in [0.2, 0.25) is 0 Å². The molecule has 0 unspecified atom stereocenters. The summed E-state index contributed by atoms with van der Waals surface area (Å²) in [7, 11) is 0. The lowest BCUT2D eigenvalue weighted by Gasteiger charge is -2.26. The summed E-state index contributed by atoms with van der Waals surface area (Å²) in [6.07, 6.45) is -0.0318. The molecule has 1 aromatic rings. The number of hydrogen-bond donors (Lipinski definition) is 2. The fourth-order valence-electron chi connectivity index (χ4n) is 2.77. The third-order valence-corrected chi connectivity index (χ3v) is 3.89. The molecule has 2 N–H and O–H groups in total. The largest absolute Gasteiger partial charge is 0.503 e. The summed E-state index contributed by atoms with van der Waals surface area (Å²) in [5.41, 5.74) is 0.167. The Morgan fingerprint density at radius 3 is 2.36 bits per heavy atom. The lowest BCUT2D eigenvalue weighted by atomic mass is 9.96. The minimum Gasteiger partial charge on any atom is -0.503 e. The molecule has 132 valence electrons. The van der Waals surface area contributed by atoms with Crippen molar-refractivity contribution in [3.8, 4) is 0 Å². The molecule has 0 bridgehead atoms. The number of amides is 1. The first-order chi connectivity index (χ1) is 11.7. The Hall–Kier alpha value is -3.23. The molecule has 25 heavy (non-hydrogen) atoms. The summed E-state index contributed by atoms with van der Waals surface area (Å²) >= 11 is 0. The Bertz CT molecular complexity index is 767. The number of non-ortho nitro benzene ring substituents is 1. The molecule has 9 nitrogen and oxygen atoms in total. The summed E-state index contributed by atoms with van der Waals surface area (Å²) < 4.78 is 0. The zero-order valence-electron chi connectivity index (χ0n) is 13.3. The smallest absolute Gasteiger partial charge is 0.303 e. The van der Waals surface area contributed by atoms with Gasteiger partial charge in [-0.15, -0.1) is 0 Å². The van der Waals surface area contributed by atoms with Crippen LogP contribution in [-0.4, -0.2) is 44.2 Å². The Kier molecular flexibility index (Phi) is 5.16. The summed E-state index contributed by atoms with van der Waals surface area (Å²) in [6, 6.07) is 4.38. The number of carboxylic acids is 1. The second kappa shape index (κ2) is 7.12. The van der Waals surface area contributed by atoms with Crippen molar-refractivity contribution in [2.24, 2.45) is 0 Å². The highest BCUT2D eigenvalue weighted by Gasteiger charge is 2.42. The van der Waals surface area contributed by atoms with Crippen LogP contribution in [-0.2, 0) is 14.4 Å². The molecule has 0 aliphatic carbocycles. The summed E-state index contributed by atoms with van der Waals surface area (Å²) in [6.45, 7) is 1.23. The lowest BCUT2D eigenvalue weighted by molar-refractivity contribution is -0.384. The average Bonchev–Trinajstić information content (AvgIpc) is 2.79. The van der Waals surface area contributed by atoms with Gasteiger partial charge in [0.15, 0.2) is 11.5 Å². The third-order valence-electron chi connectivity index (χ3n) is 3.89. The molecule has 1 aromatic carbocycles. The number of Topliss-reactive ketones (excluding diaryl/α,β-unsaturated/α-hetero) is 1. The van der Waals surface area contributed by atoms with E-state index in [0.29, 0.717) is 5.56 Å². The normalized spacial score (nSPS) is 17.1. The van der Waals surface area contributed by atoms with Gasteiger partial charge < -0.3 is 15.1 Å². The number of aliphatic hydroxyl groups is 1. The molecule has 1 amide bonds. The molecule has 0 radical (unpaired) electrons. The van der Waals surface area contributed by atoms with Gasteiger partial charge in [0.2, 0.25) is 0 Å². The van der Waals surface area contributed by atoms with Crippen LogP contribution in [0, 0.1) is 10.1 Å². The number of carbonyl (C=O) groups excluding carboxylic acids is 2. The Balaban J connectivity index is 2.38. The monoisotopic (exact) mass is 348 g/mol. The zero-order valence-corrected chi connectivity index (χ0v) is 13.3. The molecule has 0 saturated heterocycles. The van der Waals surface area contributed by atoms with E-state index < -0.39 is 34.4 Å². The third kappa shape index (κ3) is 3.65. The van der Waals surface area contributed by atoms with Crippen LogP contribution in [0.25, 0.3) is 0 Å². The van der Waals surface area contributed by atoms with Crippen molar-refractivity contribution in [1.82, 2.24) is 4.90 Å². The van der Waals surface area contributed by atoms with Crippen molar-refractivity contribution in [3.63, 3.8) is 0 Å². The number of benzene rings is 1. The Labute approximate surface area is 142 Å². The lowest BCUT2D eigenvalue weighted by Crippen LogP contribution is -2.32. The predicted octanol–water partition coefficient (Wildman–Crippen LogP) is 1.74. The topological polar surface area (TPSA) is 138 Å². The molecular formula is C16H16N2O7. The van der Waals surface area contributed by atoms with Gasteiger partial charge in [-0.2, -0.15) is 0 Å². The van der Waals surface area contributed by atoms with Crippen molar-refractivity contribution in [1.29, 1.82) is 0 Å². The quantitative estimate of drug-likeness (QED) is 0.565. The molecule has 0 aromatic heterocycles. The van der Waals surface area contributed by atoms with Gasteiger partial charge in [-0.25, -0.2) is 0 Å². The van der Waals surface area contributed by atoms with E-state index in [4.69, 9.17) is 5.11 Å². The van der Waals surface area contributed by atoms with Crippen LogP contribution in [0.15, 0.2) is 35.6 Å². The van der Waals surface area contributed by atoms with Crippen LogP contribution >= 0.6 is 0 Å². The van der Waals surface area contributed by atoms with Crippen molar-refractivity contribution in [2.45, 2.75) is 25.8 Å². The minimum atomic E-state index is -1.03. The molecule has 0 spiro atoms. The minimum absolute atomic E-state index is 0.0215. The number of aliphatic carboxylic acids is 1. The van der Waals surface area contributed by atoms with E-state index in [-0.39, 0.29) is 30.6 Å². The molecular weight excluding hydrogens is 332 g/mol. The SMILES string of the molecule is CC(=O)C1=C(O)C(=O)N(CCCC(=O)O)[C@@H]1c1ccc([N+](=O)[O-])cc1. The second-order valence-electron chi connectivity index (χ2n) is 5.57. The highest BCUT2D eigenvalue weighted by Crippen LogP contribution is 2.38. The molecule has 0 saturated carbocycles. The number of hydrogen-bond acceptors (Lipinski definition) is 6. The van der Waals surface area contributed by atoms with Crippen LogP contribution < -0.4 is 0 Å². The van der Waals surface area contributed by atoms with Gasteiger partial charge >= 0.3 is 5.97 Å². The van der Waals surface area contributed by atoms with E-state index in [2.05, 4.69) is 0 Å². The van der Waals surface area contributed by atoms with E-state index in [1.54, 1.807) is 0 Å². The van der Waals surface area contributed by atoms with Crippen molar-refractivity contribution in [3.05, 3.63) is 51.3 Å². The van der Waals surface area contributed by atoms with Gasteiger partial charge in [-0.1, -0.05) is 0 Å². The number of nitro groups is 1. The van der Waals surface area contributed by atoms with E-state index in [0.717, 1.165) is 0 Å². The van der Waals surface area contributed by atoms with Crippen LogP contribution in [0.3, 0.4) is 0 Å². The first kappa shape index (κ1) is 18.1. The maximum atomic E-state index is 12.3. The maximum Gasteiger partial charge on any atom is 0.303 e. The first-order valence-corrected chi connectivity index (χ1v) is 7.45. The number of carbonyl (C=O) groups is 3. The van der Waals surface area contributed by atoms with E-state index >= 15 is 0 Å². The standard InChI is InChI=1S/C16H16N2O7/c1-9(19)13-14(10-4-6-11(7-5-10)18(24)25)17(16(23)15(13)22)8-2-3-12(20)21/h4-7,14,22H,2-3,8H2,1H3,(H,20,21)/t14-/m1/s1. The van der Waals surface area contributed by atoms with Gasteiger partial charge in [0, 0.05) is 25.1 Å². The van der Waals surface area contributed by atoms with Crippen LogP contribution in [0.5, 0.6) is 0 Å². The molecule has 9 heteroatoms. The van der Waals surface area contributed by atoms with Crippen molar-refractivity contribution in [2.75, 3.05) is 6.54 Å². The average molecular weight is 348 g/mol. The number of aliphatic hydroxyl groups excluding tert-OH is 1. The highest BCUT2D eigenvalue weighted by atomic mass is 16.6. The number of carboxylic acid groups (broad SMARTS) is 1. The molecule has 1 aliphatic heterocycles.